The monoisotopic (exact) mass is 214 g/mol. The van der Waals surface area contributed by atoms with Crippen molar-refractivity contribution in [2.75, 3.05) is 46.0 Å². The lowest BCUT2D eigenvalue weighted by molar-refractivity contribution is -0.0386. The minimum Gasteiger partial charge on any atom is -0.381 e. The maximum atomic E-state index is 5.62. The third-order valence-corrected chi connectivity index (χ3v) is 3.26. The maximum Gasteiger partial charge on any atom is 0.0824 e. The number of ether oxygens (including phenoxy) is 2. The maximum absolute atomic E-state index is 5.62. The van der Waals surface area contributed by atoms with Crippen LogP contribution in [-0.2, 0) is 9.47 Å². The van der Waals surface area contributed by atoms with Gasteiger partial charge in [0.25, 0.3) is 0 Å². The van der Waals surface area contributed by atoms with Gasteiger partial charge in [-0.1, -0.05) is 0 Å². The molecule has 15 heavy (non-hydrogen) atoms. The van der Waals surface area contributed by atoms with Gasteiger partial charge in [0.15, 0.2) is 0 Å². The zero-order chi connectivity index (χ0) is 10.5. The third-order valence-electron chi connectivity index (χ3n) is 3.26. The Labute approximate surface area is 91.7 Å². The van der Waals surface area contributed by atoms with E-state index in [-0.39, 0.29) is 6.10 Å². The van der Waals surface area contributed by atoms with Gasteiger partial charge in [-0.2, -0.15) is 0 Å². The third kappa shape index (κ3) is 3.41. The van der Waals surface area contributed by atoms with E-state index in [0.29, 0.717) is 6.54 Å². The SMILES string of the molecule is NCC1CN(CC2CCCOC2)CCO1. The second-order valence-electron chi connectivity index (χ2n) is 4.57. The molecule has 4 nitrogen and oxygen atoms in total. The first-order valence-corrected chi connectivity index (χ1v) is 6.00. The molecule has 2 unspecified atom stereocenters. The number of nitrogens with two attached hydrogens (primary N) is 1. The molecule has 2 fully saturated rings. The molecule has 2 aliphatic rings. The summed E-state index contributed by atoms with van der Waals surface area (Å²) in [6, 6.07) is 0. The van der Waals surface area contributed by atoms with Crippen LogP contribution in [0.15, 0.2) is 0 Å². The normalized spacial score (nSPS) is 34.2. The molecule has 0 bridgehead atoms. The lowest BCUT2D eigenvalue weighted by Gasteiger charge is -2.35. The molecular weight excluding hydrogens is 192 g/mol. The van der Waals surface area contributed by atoms with Crippen LogP contribution in [0.25, 0.3) is 0 Å². The van der Waals surface area contributed by atoms with Crippen LogP contribution in [0.3, 0.4) is 0 Å². The van der Waals surface area contributed by atoms with E-state index in [4.69, 9.17) is 15.2 Å². The quantitative estimate of drug-likeness (QED) is 0.722. The van der Waals surface area contributed by atoms with Gasteiger partial charge in [-0.3, -0.25) is 4.90 Å². The smallest absolute Gasteiger partial charge is 0.0824 e. The molecule has 0 aromatic heterocycles. The van der Waals surface area contributed by atoms with Gasteiger partial charge in [-0.15, -0.1) is 0 Å². The molecule has 0 radical (unpaired) electrons. The van der Waals surface area contributed by atoms with E-state index >= 15 is 0 Å². The average molecular weight is 214 g/mol. The van der Waals surface area contributed by atoms with Crippen molar-refractivity contribution in [3.63, 3.8) is 0 Å². The number of morpholine rings is 1. The van der Waals surface area contributed by atoms with Crippen LogP contribution in [0.4, 0.5) is 0 Å². The van der Waals surface area contributed by atoms with Gasteiger partial charge in [0.2, 0.25) is 0 Å². The van der Waals surface area contributed by atoms with Crippen LogP contribution in [0, 0.1) is 5.92 Å². The molecular formula is C11H22N2O2. The Bertz CT molecular complexity index is 183. The van der Waals surface area contributed by atoms with Gasteiger partial charge >= 0.3 is 0 Å². The average Bonchev–Trinajstić information content (AvgIpc) is 2.31. The molecule has 2 rings (SSSR count). The lowest BCUT2D eigenvalue weighted by Crippen LogP contribution is -2.47. The number of hydrogen-bond acceptors (Lipinski definition) is 4. The Morgan fingerprint density at radius 3 is 3.00 bits per heavy atom. The van der Waals surface area contributed by atoms with Crippen molar-refractivity contribution in [1.82, 2.24) is 4.90 Å². The largest absolute Gasteiger partial charge is 0.381 e. The summed E-state index contributed by atoms with van der Waals surface area (Å²) in [5.41, 5.74) is 5.62. The van der Waals surface area contributed by atoms with E-state index in [1.165, 1.54) is 12.8 Å². The highest BCUT2D eigenvalue weighted by atomic mass is 16.5. The van der Waals surface area contributed by atoms with Crippen molar-refractivity contribution in [3.05, 3.63) is 0 Å². The summed E-state index contributed by atoms with van der Waals surface area (Å²) in [6.07, 6.45) is 2.77. The van der Waals surface area contributed by atoms with Gasteiger partial charge in [-0.05, 0) is 18.8 Å². The van der Waals surface area contributed by atoms with Crippen molar-refractivity contribution in [2.45, 2.75) is 18.9 Å². The van der Waals surface area contributed by atoms with Crippen molar-refractivity contribution in [1.29, 1.82) is 0 Å². The van der Waals surface area contributed by atoms with E-state index in [0.717, 1.165) is 45.4 Å². The van der Waals surface area contributed by atoms with Crippen LogP contribution in [0.2, 0.25) is 0 Å². The molecule has 88 valence electrons. The second-order valence-corrected chi connectivity index (χ2v) is 4.57. The topological polar surface area (TPSA) is 47.7 Å². The van der Waals surface area contributed by atoms with E-state index in [9.17, 15) is 0 Å². The minimum absolute atomic E-state index is 0.239. The molecule has 2 saturated heterocycles. The molecule has 2 aliphatic heterocycles. The van der Waals surface area contributed by atoms with Gasteiger partial charge in [0.05, 0.1) is 19.3 Å². The summed E-state index contributed by atoms with van der Waals surface area (Å²) in [4.78, 5) is 2.47. The van der Waals surface area contributed by atoms with Crippen molar-refractivity contribution < 1.29 is 9.47 Å². The van der Waals surface area contributed by atoms with Crippen molar-refractivity contribution in [2.24, 2.45) is 11.7 Å². The zero-order valence-electron chi connectivity index (χ0n) is 9.36. The summed E-state index contributed by atoms with van der Waals surface area (Å²) in [6.45, 7) is 6.54. The van der Waals surface area contributed by atoms with Gasteiger partial charge in [0, 0.05) is 32.8 Å². The van der Waals surface area contributed by atoms with Gasteiger partial charge < -0.3 is 15.2 Å². The number of hydrogen-bond donors (Lipinski definition) is 1. The highest BCUT2D eigenvalue weighted by molar-refractivity contribution is 4.75. The molecule has 2 heterocycles. The van der Waals surface area contributed by atoms with Crippen LogP contribution in [0.5, 0.6) is 0 Å². The standard InChI is InChI=1S/C11H22N2O2/c12-6-11-8-13(3-5-15-11)7-10-2-1-4-14-9-10/h10-11H,1-9,12H2. The fourth-order valence-corrected chi connectivity index (χ4v) is 2.41. The summed E-state index contributed by atoms with van der Waals surface area (Å²) in [5.74, 6) is 0.718. The summed E-state index contributed by atoms with van der Waals surface area (Å²) in [5, 5.41) is 0. The minimum atomic E-state index is 0.239. The highest BCUT2D eigenvalue weighted by Crippen LogP contribution is 2.16. The van der Waals surface area contributed by atoms with Crippen LogP contribution < -0.4 is 5.73 Å². The molecule has 2 atom stereocenters. The van der Waals surface area contributed by atoms with Crippen LogP contribution in [-0.4, -0.2) is 57.0 Å². The Morgan fingerprint density at radius 2 is 2.27 bits per heavy atom. The Balaban J connectivity index is 1.72. The van der Waals surface area contributed by atoms with E-state index < -0.39 is 0 Å². The highest BCUT2D eigenvalue weighted by Gasteiger charge is 2.23. The summed E-state index contributed by atoms with van der Waals surface area (Å²) in [7, 11) is 0. The Kier molecular flexibility index (Phi) is 4.38. The fraction of sp³-hybridized carbons (Fsp3) is 1.00. The zero-order valence-corrected chi connectivity index (χ0v) is 9.36. The Hall–Kier alpha value is -0.160. The molecule has 0 aromatic carbocycles. The molecule has 0 aromatic rings. The van der Waals surface area contributed by atoms with Crippen LogP contribution in [0.1, 0.15) is 12.8 Å². The number of nitrogens with zero attached hydrogens (tertiary/aromatic N) is 1. The second kappa shape index (κ2) is 5.80. The molecule has 0 aliphatic carbocycles. The molecule has 0 amide bonds. The first-order valence-electron chi connectivity index (χ1n) is 6.00. The van der Waals surface area contributed by atoms with Gasteiger partial charge in [0.1, 0.15) is 0 Å². The Morgan fingerprint density at radius 1 is 1.33 bits per heavy atom. The predicted molar refractivity (Wildman–Crippen MR) is 58.8 cm³/mol. The van der Waals surface area contributed by atoms with Crippen molar-refractivity contribution >= 4 is 0 Å². The lowest BCUT2D eigenvalue weighted by atomic mass is 10.0. The van der Waals surface area contributed by atoms with E-state index in [2.05, 4.69) is 4.90 Å². The first-order chi connectivity index (χ1) is 7.38. The fourth-order valence-electron chi connectivity index (χ4n) is 2.41. The predicted octanol–water partition coefficient (Wildman–Crippen LogP) is 0.0725. The number of rotatable bonds is 3. The van der Waals surface area contributed by atoms with Crippen LogP contribution >= 0.6 is 0 Å². The van der Waals surface area contributed by atoms with E-state index in [1.54, 1.807) is 0 Å². The summed E-state index contributed by atoms with van der Waals surface area (Å²) >= 11 is 0. The molecule has 0 saturated carbocycles. The molecule has 4 heteroatoms. The van der Waals surface area contributed by atoms with E-state index in [1.807, 2.05) is 0 Å². The van der Waals surface area contributed by atoms with Gasteiger partial charge in [-0.25, -0.2) is 0 Å². The van der Waals surface area contributed by atoms with Crippen molar-refractivity contribution in [3.8, 4) is 0 Å². The first kappa shape index (κ1) is 11.3. The molecule has 0 spiro atoms. The summed E-state index contributed by atoms with van der Waals surface area (Å²) < 4.78 is 11.0. The molecule has 2 N–H and O–H groups in total.